The lowest BCUT2D eigenvalue weighted by Crippen LogP contribution is -2.64. The number of ketones is 1. The van der Waals surface area contributed by atoms with E-state index in [4.69, 9.17) is 41.9 Å². The first-order chi connectivity index (χ1) is 30.7. The molecule has 0 radical (unpaired) electrons. The van der Waals surface area contributed by atoms with Crippen LogP contribution in [0.25, 0.3) is 0 Å². The molecule has 5 rings (SSSR count). The van der Waals surface area contributed by atoms with Crippen LogP contribution < -0.4 is 43.6 Å². The number of amides is 3. The van der Waals surface area contributed by atoms with E-state index in [9.17, 15) is 28.8 Å². The van der Waals surface area contributed by atoms with Crippen molar-refractivity contribution in [2.75, 3.05) is 26.7 Å². The number of Topliss-reactive ketones (excluding diaryl/α,β-unsaturated/α-hetero) is 1. The van der Waals surface area contributed by atoms with Gasteiger partial charge in [0.1, 0.15) is 11.9 Å². The molecule has 3 aromatic carbocycles. The van der Waals surface area contributed by atoms with E-state index in [1.807, 2.05) is 0 Å². The second kappa shape index (κ2) is 23.3. The largest absolute Gasteiger partial charge is 0.511 e. The molecule has 1 saturated heterocycles. The monoisotopic (exact) mass is 884 g/mol. The number of esters is 1. The highest BCUT2D eigenvalue weighted by atomic mass is 16.8. The van der Waals surface area contributed by atoms with Gasteiger partial charge >= 0.3 is 12.1 Å². The number of guanidine groups is 2. The molecule has 64 heavy (non-hydrogen) atoms. The van der Waals surface area contributed by atoms with Gasteiger partial charge in [-0.15, -0.1) is 0 Å². The van der Waals surface area contributed by atoms with Crippen LogP contribution in [0.2, 0.25) is 0 Å². The summed E-state index contributed by atoms with van der Waals surface area (Å²) in [7, 11) is 1.50. The highest BCUT2D eigenvalue weighted by Crippen LogP contribution is 2.23. The molecule has 3 aromatic rings. The summed E-state index contributed by atoms with van der Waals surface area (Å²) in [5.74, 6) is -3.44. The Hall–Kier alpha value is -7.22. The van der Waals surface area contributed by atoms with Gasteiger partial charge in [-0.2, -0.15) is 0 Å². The van der Waals surface area contributed by atoms with Crippen LogP contribution in [0.5, 0.6) is 5.75 Å². The van der Waals surface area contributed by atoms with Gasteiger partial charge in [0, 0.05) is 37.7 Å². The molecule has 1 heterocycles. The number of piperazine rings is 1. The number of nitrogens with zero attached hydrogens (tertiary/aromatic N) is 3. The standard InChI is InChI=1S/C44H56N10O10/c1-26(63-44(60)64-33-7-4-3-5-8-33)62-41(59)36(54-24-23-49-34(40(54)58)9-6-22-50-38(56)28-12-16-30(17-13-28)51-42(45)46)37(55)35(25-27-10-20-32(61-2)21-11-27)53-39(57)29-14-18-31(19-15-29)52-43(47)48/h10-21,26,33-36,49H,3-9,22-25H2,1-2H3,(H,50,56)(H,53,57)(H4,45,46,51)(H4,47,48,52). The second-order valence-electron chi connectivity index (χ2n) is 15.2. The van der Waals surface area contributed by atoms with Crippen LogP contribution in [-0.4, -0.2) is 110 Å². The zero-order valence-corrected chi connectivity index (χ0v) is 35.8. The highest BCUT2D eigenvalue weighted by molar-refractivity contribution is 6.10. The third kappa shape index (κ3) is 14.2. The summed E-state index contributed by atoms with van der Waals surface area (Å²) in [4.78, 5) is 91.8. The molecule has 20 heteroatoms. The Balaban J connectivity index is 1.36. The van der Waals surface area contributed by atoms with Crippen LogP contribution in [0.3, 0.4) is 0 Å². The molecule has 11 N–H and O–H groups in total. The van der Waals surface area contributed by atoms with Crippen molar-refractivity contribution in [3.63, 3.8) is 0 Å². The molecule has 20 nitrogen and oxygen atoms in total. The van der Waals surface area contributed by atoms with Crippen molar-refractivity contribution in [2.45, 2.75) is 88.8 Å². The van der Waals surface area contributed by atoms with Crippen LogP contribution in [-0.2, 0) is 35.0 Å². The van der Waals surface area contributed by atoms with Crippen molar-refractivity contribution in [3.05, 3.63) is 89.5 Å². The van der Waals surface area contributed by atoms with E-state index < -0.39 is 54.1 Å². The molecule has 3 amide bonds. The smallest absolute Gasteiger partial charge is 0.497 e. The fraction of sp³-hybridized carbons (Fsp3) is 0.409. The molecule has 1 aliphatic carbocycles. The van der Waals surface area contributed by atoms with E-state index in [-0.39, 0.29) is 62.0 Å². The zero-order valence-electron chi connectivity index (χ0n) is 35.8. The summed E-state index contributed by atoms with van der Waals surface area (Å²) in [6.07, 6.45) is 1.73. The molecule has 4 atom stereocenters. The van der Waals surface area contributed by atoms with E-state index in [0.29, 0.717) is 47.5 Å². The van der Waals surface area contributed by atoms with Crippen molar-refractivity contribution in [1.82, 2.24) is 20.9 Å². The number of hydrogen-bond donors (Lipinski definition) is 7. The third-order valence-corrected chi connectivity index (χ3v) is 10.5. The van der Waals surface area contributed by atoms with E-state index in [0.717, 1.165) is 24.2 Å². The molecule has 0 aromatic heterocycles. The molecule has 0 spiro atoms. The van der Waals surface area contributed by atoms with Gasteiger partial charge in [0.2, 0.25) is 12.2 Å². The maximum atomic E-state index is 14.9. The summed E-state index contributed by atoms with van der Waals surface area (Å²) in [6.45, 7) is 1.57. The lowest BCUT2D eigenvalue weighted by Gasteiger charge is -2.38. The topological polar surface area (TPSA) is 307 Å². The minimum absolute atomic E-state index is 0.0954. The maximum absolute atomic E-state index is 14.9. The van der Waals surface area contributed by atoms with E-state index in [2.05, 4.69) is 25.9 Å². The molecule has 1 saturated carbocycles. The van der Waals surface area contributed by atoms with Gasteiger partial charge in [0.05, 0.1) is 30.6 Å². The van der Waals surface area contributed by atoms with Gasteiger partial charge in [-0.05, 0) is 111 Å². The first-order valence-corrected chi connectivity index (χ1v) is 21.0. The van der Waals surface area contributed by atoms with Crippen LogP contribution in [0.15, 0.2) is 82.8 Å². The van der Waals surface area contributed by atoms with Crippen molar-refractivity contribution >= 4 is 58.9 Å². The predicted molar refractivity (Wildman–Crippen MR) is 236 cm³/mol. The molecular formula is C44H56N10O10. The van der Waals surface area contributed by atoms with Crippen LogP contribution in [0.4, 0.5) is 16.2 Å². The zero-order chi connectivity index (χ0) is 46.2. The number of methoxy groups -OCH3 is 1. The van der Waals surface area contributed by atoms with Crippen LogP contribution in [0.1, 0.15) is 78.1 Å². The Bertz CT molecular complexity index is 2150. The Morgan fingerprint density at radius 1 is 0.812 bits per heavy atom. The Morgan fingerprint density at radius 3 is 1.98 bits per heavy atom. The number of carbonyl (C=O) groups is 6. The number of nitrogens with one attached hydrogen (secondary N) is 3. The second-order valence-corrected chi connectivity index (χ2v) is 15.2. The number of ether oxygens (including phenoxy) is 4. The van der Waals surface area contributed by atoms with Crippen molar-refractivity contribution in [1.29, 1.82) is 0 Å². The van der Waals surface area contributed by atoms with Gasteiger partial charge in [0.25, 0.3) is 11.8 Å². The number of hydrogen-bond acceptors (Lipinski definition) is 13. The van der Waals surface area contributed by atoms with Gasteiger partial charge in [-0.3, -0.25) is 19.2 Å². The third-order valence-electron chi connectivity index (χ3n) is 10.5. The Morgan fingerprint density at radius 2 is 1.41 bits per heavy atom. The molecule has 1 aliphatic heterocycles. The van der Waals surface area contributed by atoms with Gasteiger partial charge in [-0.1, -0.05) is 18.6 Å². The number of carbonyl (C=O) groups excluding carboxylic acids is 6. The minimum atomic E-state index is -1.90. The van der Waals surface area contributed by atoms with Crippen molar-refractivity contribution in [3.8, 4) is 5.75 Å². The van der Waals surface area contributed by atoms with Gasteiger partial charge in [-0.25, -0.2) is 19.6 Å². The summed E-state index contributed by atoms with van der Waals surface area (Å²) in [6, 6.07) is 14.8. The van der Waals surface area contributed by atoms with Crippen LogP contribution >= 0.6 is 0 Å². The first-order valence-electron chi connectivity index (χ1n) is 21.0. The van der Waals surface area contributed by atoms with E-state index >= 15 is 0 Å². The lowest BCUT2D eigenvalue weighted by atomic mass is 9.95. The quantitative estimate of drug-likeness (QED) is 0.0227. The molecule has 0 bridgehead atoms. The fourth-order valence-electron chi connectivity index (χ4n) is 7.31. The lowest BCUT2D eigenvalue weighted by molar-refractivity contribution is -0.179. The molecule has 2 fully saturated rings. The summed E-state index contributed by atoms with van der Waals surface area (Å²) in [5.41, 5.74) is 23.8. The van der Waals surface area contributed by atoms with Crippen molar-refractivity contribution < 1.29 is 47.7 Å². The van der Waals surface area contributed by atoms with Gasteiger partial charge in [0.15, 0.2) is 23.7 Å². The SMILES string of the molecule is COc1ccc(CC(NC(=O)c2ccc(N=C(N)N)cc2)C(=O)C(C(=O)OC(C)OC(=O)OC2CCCCC2)N2CCNC(CCCNC(=O)c3ccc(N=C(N)N)cc3)C2=O)cc1. The highest BCUT2D eigenvalue weighted by Gasteiger charge is 2.45. The minimum Gasteiger partial charge on any atom is -0.497 e. The Kier molecular flexibility index (Phi) is 17.4. The summed E-state index contributed by atoms with van der Waals surface area (Å²) in [5, 5.41) is 8.70. The number of rotatable bonds is 19. The number of nitrogens with two attached hydrogens (primary N) is 4. The first kappa shape index (κ1) is 47.8. The molecule has 342 valence electrons. The fourth-order valence-corrected chi connectivity index (χ4v) is 7.31. The Labute approximate surface area is 370 Å². The normalized spacial score (nSPS) is 16.5. The maximum Gasteiger partial charge on any atom is 0.511 e. The molecular weight excluding hydrogens is 829 g/mol. The predicted octanol–water partition coefficient (Wildman–Crippen LogP) is 2.17. The molecule has 4 unspecified atom stereocenters. The van der Waals surface area contributed by atoms with Crippen LogP contribution in [0, 0.1) is 0 Å². The average Bonchev–Trinajstić information content (AvgIpc) is 3.26. The van der Waals surface area contributed by atoms with E-state index in [1.54, 1.807) is 48.5 Å². The van der Waals surface area contributed by atoms with Gasteiger partial charge < -0.3 is 62.7 Å². The molecule has 2 aliphatic rings. The number of aliphatic imine (C=N–C) groups is 2. The summed E-state index contributed by atoms with van der Waals surface area (Å²) >= 11 is 0. The average molecular weight is 885 g/mol. The summed E-state index contributed by atoms with van der Waals surface area (Å²) < 4.78 is 21.6. The van der Waals surface area contributed by atoms with E-state index in [1.165, 1.54) is 38.3 Å². The van der Waals surface area contributed by atoms with Crippen molar-refractivity contribution in [2.24, 2.45) is 32.9 Å². The number of benzene rings is 3.